The summed E-state index contributed by atoms with van der Waals surface area (Å²) >= 11 is 0. The second-order valence-electron chi connectivity index (χ2n) is 3.72. The van der Waals surface area contributed by atoms with Gasteiger partial charge in [-0.1, -0.05) is 5.16 Å². The van der Waals surface area contributed by atoms with Crippen LogP contribution in [-0.2, 0) is 0 Å². The van der Waals surface area contributed by atoms with E-state index in [4.69, 9.17) is 5.21 Å². The van der Waals surface area contributed by atoms with Gasteiger partial charge in [0.2, 0.25) is 0 Å². The number of fused-ring (bicyclic) bond motifs is 2. The van der Waals surface area contributed by atoms with Crippen LogP contribution in [0.15, 0.2) is 5.16 Å². The topological polar surface area (TPSA) is 35.8 Å². The van der Waals surface area contributed by atoms with Gasteiger partial charge in [0.05, 0.1) is 5.71 Å². The van der Waals surface area contributed by atoms with Crippen molar-refractivity contribution in [2.75, 3.05) is 20.1 Å². The van der Waals surface area contributed by atoms with E-state index in [0.717, 1.165) is 18.8 Å². The van der Waals surface area contributed by atoms with Gasteiger partial charge in [-0.2, -0.15) is 0 Å². The van der Waals surface area contributed by atoms with Crippen LogP contribution in [0.4, 0.5) is 0 Å². The van der Waals surface area contributed by atoms with Gasteiger partial charge in [-0.15, -0.1) is 0 Å². The van der Waals surface area contributed by atoms with Gasteiger partial charge in [0.25, 0.3) is 0 Å². The van der Waals surface area contributed by atoms with E-state index < -0.39 is 0 Å². The lowest BCUT2D eigenvalue weighted by Gasteiger charge is -2.28. The molecule has 1 N–H and O–H groups in total. The summed E-state index contributed by atoms with van der Waals surface area (Å²) in [7, 11) is 2.14. The Morgan fingerprint density at radius 1 is 1.36 bits per heavy atom. The molecular formula is C8H14N2O. The van der Waals surface area contributed by atoms with Gasteiger partial charge < -0.3 is 10.1 Å². The second-order valence-corrected chi connectivity index (χ2v) is 3.72. The van der Waals surface area contributed by atoms with Gasteiger partial charge in [-0.3, -0.25) is 0 Å². The molecule has 2 bridgehead atoms. The highest BCUT2D eigenvalue weighted by Gasteiger charge is 2.37. The third-order valence-corrected chi connectivity index (χ3v) is 2.88. The molecule has 1 saturated heterocycles. The quantitative estimate of drug-likeness (QED) is 0.413. The summed E-state index contributed by atoms with van der Waals surface area (Å²) in [6, 6.07) is 0. The average molecular weight is 154 g/mol. The number of piperidine rings is 1. The van der Waals surface area contributed by atoms with Gasteiger partial charge in [0.15, 0.2) is 0 Å². The molecule has 1 saturated carbocycles. The van der Waals surface area contributed by atoms with Crippen LogP contribution in [-0.4, -0.2) is 36.0 Å². The third kappa shape index (κ3) is 1.03. The van der Waals surface area contributed by atoms with Crippen LogP contribution < -0.4 is 0 Å². The zero-order valence-corrected chi connectivity index (χ0v) is 6.82. The van der Waals surface area contributed by atoms with E-state index in [-0.39, 0.29) is 0 Å². The van der Waals surface area contributed by atoms with Crippen LogP contribution in [0, 0.1) is 11.8 Å². The van der Waals surface area contributed by atoms with E-state index in [1.54, 1.807) is 0 Å². The van der Waals surface area contributed by atoms with Crippen LogP contribution in [0.2, 0.25) is 0 Å². The number of likely N-dealkylation sites (tertiary alicyclic amines) is 1. The highest BCUT2D eigenvalue weighted by Crippen LogP contribution is 2.33. The number of nitrogens with zero attached hydrogens (tertiary/aromatic N) is 2. The number of hydrogen-bond acceptors (Lipinski definition) is 3. The Balaban J connectivity index is 2.19. The van der Waals surface area contributed by atoms with Crippen molar-refractivity contribution in [1.29, 1.82) is 0 Å². The molecule has 3 heteroatoms. The second kappa shape index (κ2) is 2.48. The summed E-state index contributed by atoms with van der Waals surface area (Å²) in [4.78, 5) is 2.33. The minimum atomic E-state index is 0.545. The van der Waals surface area contributed by atoms with Crippen molar-refractivity contribution in [2.24, 2.45) is 17.0 Å². The Kier molecular flexibility index (Phi) is 1.60. The summed E-state index contributed by atoms with van der Waals surface area (Å²) in [5.41, 5.74) is 1.06. The van der Waals surface area contributed by atoms with E-state index in [9.17, 15) is 0 Å². The van der Waals surface area contributed by atoms with Crippen molar-refractivity contribution in [3.63, 3.8) is 0 Å². The zero-order chi connectivity index (χ0) is 7.84. The Labute approximate surface area is 66.7 Å². The smallest absolute Gasteiger partial charge is 0.0657 e. The molecule has 0 aromatic rings. The molecule has 0 radical (unpaired) electrons. The molecule has 2 fully saturated rings. The van der Waals surface area contributed by atoms with Crippen molar-refractivity contribution in [2.45, 2.75) is 12.8 Å². The first-order valence-electron chi connectivity index (χ1n) is 4.21. The van der Waals surface area contributed by atoms with Gasteiger partial charge in [-0.05, 0) is 19.9 Å². The SMILES string of the molecule is CN1C[C@H]2CC[C@@H](C1)C2=NO. The zero-order valence-electron chi connectivity index (χ0n) is 6.82. The maximum Gasteiger partial charge on any atom is 0.0657 e. The van der Waals surface area contributed by atoms with Gasteiger partial charge in [0.1, 0.15) is 0 Å². The number of oxime groups is 1. The molecule has 1 aliphatic heterocycles. The number of rotatable bonds is 0. The van der Waals surface area contributed by atoms with Crippen molar-refractivity contribution in [3.8, 4) is 0 Å². The van der Waals surface area contributed by atoms with E-state index in [2.05, 4.69) is 17.1 Å². The molecule has 0 unspecified atom stereocenters. The van der Waals surface area contributed by atoms with E-state index in [1.165, 1.54) is 12.8 Å². The number of hydrogen-bond donors (Lipinski definition) is 1. The maximum atomic E-state index is 8.73. The van der Waals surface area contributed by atoms with Gasteiger partial charge in [-0.25, -0.2) is 0 Å². The van der Waals surface area contributed by atoms with Crippen LogP contribution in [0.3, 0.4) is 0 Å². The first kappa shape index (κ1) is 7.10. The standard InChI is InChI=1S/C8H14N2O/c1-10-4-6-2-3-7(5-10)8(6)9-11/h6-7,11H,2-5H2,1H3/t6-,7+. The minimum absolute atomic E-state index is 0.545. The fraction of sp³-hybridized carbons (Fsp3) is 0.875. The van der Waals surface area contributed by atoms with E-state index in [1.807, 2.05) is 0 Å². The summed E-state index contributed by atoms with van der Waals surface area (Å²) < 4.78 is 0. The molecule has 3 nitrogen and oxygen atoms in total. The lowest BCUT2D eigenvalue weighted by Crippen LogP contribution is -2.39. The lowest BCUT2D eigenvalue weighted by atomic mass is 9.97. The summed E-state index contributed by atoms with van der Waals surface area (Å²) in [6.45, 7) is 2.16. The molecule has 0 spiro atoms. The molecule has 62 valence electrons. The molecule has 0 amide bonds. The molecule has 2 aliphatic rings. The Bertz CT molecular complexity index is 175. The van der Waals surface area contributed by atoms with Crippen molar-refractivity contribution >= 4 is 5.71 Å². The first-order valence-corrected chi connectivity index (χ1v) is 4.21. The average Bonchev–Trinajstić information content (AvgIpc) is 2.23. The van der Waals surface area contributed by atoms with E-state index >= 15 is 0 Å². The molecule has 1 heterocycles. The Morgan fingerprint density at radius 2 is 1.91 bits per heavy atom. The molecule has 2 atom stereocenters. The molecular weight excluding hydrogens is 140 g/mol. The van der Waals surface area contributed by atoms with Gasteiger partial charge in [0, 0.05) is 24.9 Å². The van der Waals surface area contributed by atoms with Crippen LogP contribution in [0.25, 0.3) is 0 Å². The molecule has 2 rings (SSSR count). The first-order chi connectivity index (χ1) is 5.31. The predicted octanol–water partition coefficient (Wildman–Crippen LogP) is 0.788. The predicted molar refractivity (Wildman–Crippen MR) is 42.9 cm³/mol. The normalized spacial score (nSPS) is 41.7. The minimum Gasteiger partial charge on any atom is -0.411 e. The summed E-state index contributed by atoms with van der Waals surface area (Å²) in [6.07, 6.45) is 2.43. The Morgan fingerprint density at radius 3 is 2.36 bits per heavy atom. The fourth-order valence-electron chi connectivity index (χ4n) is 2.39. The van der Waals surface area contributed by atoms with Crippen LogP contribution in [0.1, 0.15) is 12.8 Å². The molecule has 1 aliphatic carbocycles. The highest BCUT2D eigenvalue weighted by molar-refractivity contribution is 5.91. The monoisotopic (exact) mass is 154 g/mol. The van der Waals surface area contributed by atoms with Crippen LogP contribution in [0.5, 0.6) is 0 Å². The highest BCUT2D eigenvalue weighted by atomic mass is 16.4. The van der Waals surface area contributed by atoms with Crippen molar-refractivity contribution < 1.29 is 5.21 Å². The Hall–Kier alpha value is -0.570. The lowest BCUT2D eigenvalue weighted by molar-refractivity contribution is 0.265. The van der Waals surface area contributed by atoms with Gasteiger partial charge >= 0.3 is 0 Å². The summed E-state index contributed by atoms with van der Waals surface area (Å²) in [5.74, 6) is 1.09. The summed E-state index contributed by atoms with van der Waals surface area (Å²) in [5, 5.41) is 12.1. The largest absolute Gasteiger partial charge is 0.411 e. The third-order valence-electron chi connectivity index (χ3n) is 2.88. The van der Waals surface area contributed by atoms with Crippen LogP contribution >= 0.6 is 0 Å². The molecule has 11 heavy (non-hydrogen) atoms. The van der Waals surface area contributed by atoms with Crippen molar-refractivity contribution in [1.82, 2.24) is 4.90 Å². The van der Waals surface area contributed by atoms with Crippen molar-refractivity contribution in [3.05, 3.63) is 0 Å². The molecule has 0 aromatic heterocycles. The fourth-order valence-corrected chi connectivity index (χ4v) is 2.39. The van der Waals surface area contributed by atoms with E-state index in [0.29, 0.717) is 11.8 Å². The maximum absolute atomic E-state index is 8.73. The molecule has 0 aromatic carbocycles.